The van der Waals surface area contributed by atoms with Crippen molar-refractivity contribution in [2.45, 2.75) is 32.2 Å². The van der Waals surface area contributed by atoms with Crippen LogP contribution in [-0.2, 0) is 0 Å². The Balaban J connectivity index is 2.22. The molecule has 0 spiro atoms. The van der Waals surface area contributed by atoms with Gasteiger partial charge in [0.2, 0.25) is 0 Å². The molecule has 0 aromatic heterocycles. The molecule has 16 heavy (non-hydrogen) atoms. The minimum absolute atomic E-state index is 0.398. The molecule has 2 rings (SSSR count). The fourth-order valence-corrected chi connectivity index (χ4v) is 2.00. The summed E-state index contributed by atoms with van der Waals surface area (Å²) in [6, 6.07) is 14.2. The molecule has 0 N–H and O–H groups in total. The van der Waals surface area contributed by atoms with Crippen LogP contribution < -0.4 is 0 Å². The second-order valence-corrected chi connectivity index (χ2v) is 4.00. The van der Waals surface area contributed by atoms with Gasteiger partial charge in [0.1, 0.15) is 0 Å². The fourth-order valence-electron chi connectivity index (χ4n) is 2.00. The smallest absolute Gasteiger partial charge is 0.0668 e. The van der Waals surface area contributed by atoms with Gasteiger partial charge in [-0.3, -0.25) is 0 Å². The van der Waals surface area contributed by atoms with E-state index >= 15 is 0 Å². The molecule has 1 aliphatic rings. The Morgan fingerprint density at radius 3 is 2.75 bits per heavy atom. The SMILES string of the molecule is CCCC(c1ccccc1)N1C#CCC=C1. The number of hydrogen-bond acceptors (Lipinski definition) is 1. The monoisotopic (exact) mass is 211 g/mol. The molecule has 0 radical (unpaired) electrons. The van der Waals surface area contributed by atoms with Crippen molar-refractivity contribution in [3.63, 3.8) is 0 Å². The van der Waals surface area contributed by atoms with Crippen LogP contribution in [0.1, 0.15) is 37.8 Å². The van der Waals surface area contributed by atoms with E-state index in [1.54, 1.807) is 0 Å². The summed E-state index contributed by atoms with van der Waals surface area (Å²) in [7, 11) is 0. The van der Waals surface area contributed by atoms with E-state index in [-0.39, 0.29) is 0 Å². The normalized spacial score (nSPS) is 15.4. The lowest BCUT2D eigenvalue weighted by Gasteiger charge is -2.26. The van der Waals surface area contributed by atoms with Gasteiger partial charge in [0.05, 0.1) is 6.04 Å². The molecular weight excluding hydrogens is 194 g/mol. The van der Waals surface area contributed by atoms with E-state index in [4.69, 9.17) is 0 Å². The number of rotatable bonds is 4. The quantitative estimate of drug-likeness (QED) is 0.686. The van der Waals surface area contributed by atoms with Crippen molar-refractivity contribution in [2.75, 3.05) is 0 Å². The zero-order valence-corrected chi connectivity index (χ0v) is 9.69. The Bertz CT molecular complexity index is 408. The summed E-state index contributed by atoms with van der Waals surface area (Å²) in [5, 5.41) is 0. The van der Waals surface area contributed by atoms with Crippen LogP contribution in [0.15, 0.2) is 42.6 Å². The van der Waals surface area contributed by atoms with Crippen molar-refractivity contribution in [1.29, 1.82) is 0 Å². The average molecular weight is 211 g/mol. The lowest BCUT2D eigenvalue weighted by molar-refractivity contribution is 0.365. The summed E-state index contributed by atoms with van der Waals surface area (Å²) in [6.45, 7) is 2.22. The van der Waals surface area contributed by atoms with E-state index in [0.29, 0.717) is 6.04 Å². The molecule has 1 atom stereocenters. The molecule has 1 aliphatic heterocycles. The third kappa shape index (κ3) is 2.46. The first kappa shape index (κ1) is 10.8. The van der Waals surface area contributed by atoms with Gasteiger partial charge in [-0.25, -0.2) is 0 Å². The summed E-state index contributed by atoms with van der Waals surface area (Å²) < 4.78 is 0. The molecule has 1 aromatic rings. The molecule has 1 aromatic carbocycles. The summed E-state index contributed by atoms with van der Waals surface area (Å²) in [6.07, 6.45) is 7.44. The van der Waals surface area contributed by atoms with E-state index in [2.05, 4.69) is 66.4 Å². The number of benzene rings is 1. The van der Waals surface area contributed by atoms with Gasteiger partial charge >= 0.3 is 0 Å². The Hall–Kier alpha value is -1.68. The first-order chi connectivity index (χ1) is 7.92. The molecular formula is C15H17N. The molecule has 0 amide bonds. The fraction of sp³-hybridized carbons (Fsp3) is 0.333. The average Bonchev–Trinajstić information content (AvgIpc) is 2.38. The predicted octanol–water partition coefficient (Wildman–Crippen LogP) is 3.71. The second-order valence-electron chi connectivity index (χ2n) is 4.00. The van der Waals surface area contributed by atoms with Crippen LogP contribution in [0.5, 0.6) is 0 Å². The molecule has 1 unspecified atom stereocenters. The minimum Gasteiger partial charge on any atom is -0.301 e. The van der Waals surface area contributed by atoms with Crippen LogP contribution in [0.25, 0.3) is 0 Å². The van der Waals surface area contributed by atoms with Gasteiger partial charge in [0.15, 0.2) is 0 Å². The van der Waals surface area contributed by atoms with E-state index in [1.807, 2.05) is 0 Å². The van der Waals surface area contributed by atoms with Crippen LogP contribution >= 0.6 is 0 Å². The van der Waals surface area contributed by atoms with Gasteiger partial charge in [-0.05, 0) is 12.0 Å². The van der Waals surface area contributed by atoms with Crippen molar-refractivity contribution in [3.8, 4) is 12.0 Å². The van der Waals surface area contributed by atoms with Gasteiger partial charge in [0.25, 0.3) is 0 Å². The third-order valence-corrected chi connectivity index (χ3v) is 2.78. The molecule has 82 valence electrons. The second kappa shape index (κ2) is 5.42. The minimum atomic E-state index is 0.398. The highest BCUT2D eigenvalue weighted by atomic mass is 15.1. The van der Waals surface area contributed by atoms with Crippen LogP contribution in [0.4, 0.5) is 0 Å². The zero-order chi connectivity index (χ0) is 11.2. The first-order valence-corrected chi connectivity index (χ1v) is 5.90. The maximum Gasteiger partial charge on any atom is 0.0668 e. The molecule has 0 fully saturated rings. The maximum absolute atomic E-state index is 3.20. The summed E-state index contributed by atoms with van der Waals surface area (Å²) in [5.41, 5.74) is 1.35. The van der Waals surface area contributed by atoms with Crippen LogP contribution in [0, 0.1) is 12.0 Å². The zero-order valence-electron chi connectivity index (χ0n) is 9.69. The predicted molar refractivity (Wildman–Crippen MR) is 67.5 cm³/mol. The van der Waals surface area contributed by atoms with Crippen LogP contribution in [-0.4, -0.2) is 4.90 Å². The van der Waals surface area contributed by atoms with Crippen molar-refractivity contribution < 1.29 is 0 Å². The number of hydrogen-bond donors (Lipinski definition) is 0. The van der Waals surface area contributed by atoms with Gasteiger partial charge in [0, 0.05) is 18.7 Å². The third-order valence-electron chi connectivity index (χ3n) is 2.78. The lowest BCUT2D eigenvalue weighted by Crippen LogP contribution is -2.19. The highest BCUT2D eigenvalue weighted by molar-refractivity contribution is 5.23. The van der Waals surface area contributed by atoms with Crippen molar-refractivity contribution >= 4 is 0 Å². The Kier molecular flexibility index (Phi) is 3.66. The maximum atomic E-state index is 3.20. The van der Waals surface area contributed by atoms with E-state index in [9.17, 15) is 0 Å². The van der Waals surface area contributed by atoms with E-state index in [1.165, 1.54) is 12.0 Å². The molecule has 0 saturated carbocycles. The van der Waals surface area contributed by atoms with Gasteiger partial charge in [-0.1, -0.05) is 55.7 Å². The molecule has 1 nitrogen and oxygen atoms in total. The Morgan fingerprint density at radius 2 is 2.12 bits per heavy atom. The van der Waals surface area contributed by atoms with Crippen LogP contribution in [0.3, 0.4) is 0 Å². The Labute approximate surface area is 97.8 Å². The van der Waals surface area contributed by atoms with E-state index in [0.717, 1.165) is 12.8 Å². The van der Waals surface area contributed by atoms with Gasteiger partial charge < -0.3 is 4.90 Å². The largest absolute Gasteiger partial charge is 0.301 e. The Morgan fingerprint density at radius 1 is 1.31 bits per heavy atom. The topological polar surface area (TPSA) is 3.24 Å². The number of nitrogens with zero attached hydrogens (tertiary/aromatic N) is 1. The standard InChI is InChI=1S/C15H17N/c1-2-9-15(14-10-5-3-6-11-14)16-12-7-4-8-13-16/h3,5-7,10-12,15H,2,4,9H2,1H3. The summed E-state index contributed by atoms with van der Waals surface area (Å²) in [5.74, 6) is 3.13. The van der Waals surface area contributed by atoms with Crippen molar-refractivity contribution in [2.24, 2.45) is 0 Å². The highest BCUT2D eigenvalue weighted by Gasteiger charge is 2.15. The molecule has 0 bridgehead atoms. The van der Waals surface area contributed by atoms with Gasteiger partial charge in [-0.2, -0.15) is 0 Å². The molecule has 0 saturated heterocycles. The van der Waals surface area contributed by atoms with E-state index < -0.39 is 0 Å². The molecule has 1 heterocycles. The first-order valence-electron chi connectivity index (χ1n) is 5.90. The number of allylic oxidation sites excluding steroid dienone is 1. The highest BCUT2D eigenvalue weighted by Crippen LogP contribution is 2.26. The summed E-state index contributed by atoms with van der Waals surface area (Å²) in [4.78, 5) is 2.14. The van der Waals surface area contributed by atoms with Crippen molar-refractivity contribution in [1.82, 2.24) is 4.90 Å². The van der Waals surface area contributed by atoms with Crippen LogP contribution in [0.2, 0.25) is 0 Å². The van der Waals surface area contributed by atoms with Gasteiger partial charge in [-0.15, -0.1) is 0 Å². The molecule has 1 heteroatoms. The molecule has 0 aliphatic carbocycles. The lowest BCUT2D eigenvalue weighted by atomic mass is 10.0. The van der Waals surface area contributed by atoms with Crippen molar-refractivity contribution in [3.05, 3.63) is 48.2 Å². The summed E-state index contributed by atoms with van der Waals surface area (Å²) >= 11 is 0.